The Morgan fingerprint density at radius 2 is 2.15 bits per heavy atom. The van der Waals surface area contributed by atoms with Gasteiger partial charge in [-0.05, 0) is 30.5 Å². The Hall–Kier alpha value is -0.630. The van der Waals surface area contributed by atoms with Gasteiger partial charge in [0, 0.05) is 11.8 Å². The fraction of sp³-hybridized carbons (Fsp3) is 0.364. The van der Waals surface area contributed by atoms with Crippen molar-refractivity contribution < 1.29 is 4.79 Å². The highest BCUT2D eigenvalue weighted by molar-refractivity contribution is 9.08. The fourth-order valence-corrected chi connectivity index (χ4v) is 1.92. The van der Waals surface area contributed by atoms with Gasteiger partial charge in [0.15, 0.2) is 0 Å². The number of hydrogen-bond donors (Lipinski definition) is 0. The van der Waals surface area contributed by atoms with Crippen molar-refractivity contribution in [3.63, 3.8) is 0 Å². The molecule has 0 spiro atoms. The average molecular weight is 241 g/mol. The van der Waals surface area contributed by atoms with E-state index in [2.05, 4.69) is 22.0 Å². The van der Waals surface area contributed by atoms with Gasteiger partial charge in [0.2, 0.25) is 0 Å². The van der Waals surface area contributed by atoms with Crippen LogP contribution in [0.5, 0.6) is 0 Å². The van der Waals surface area contributed by atoms with Crippen molar-refractivity contribution in [3.05, 3.63) is 34.9 Å². The lowest BCUT2D eigenvalue weighted by molar-refractivity contribution is -0.116. The van der Waals surface area contributed by atoms with Crippen LogP contribution in [0.25, 0.3) is 0 Å². The minimum atomic E-state index is 0.219. The number of rotatable bonds is 3. The molecular formula is C11H13BrO. The van der Waals surface area contributed by atoms with Crippen LogP contribution in [0.2, 0.25) is 0 Å². The third-order valence-electron chi connectivity index (χ3n) is 2.08. The number of benzene rings is 1. The summed E-state index contributed by atoms with van der Waals surface area (Å²) in [5.41, 5.74) is 3.59. The Balaban J connectivity index is 3.07. The van der Waals surface area contributed by atoms with E-state index in [-0.39, 0.29) is 5.78 Å². The summed E-state index contributed by atoms with van der Waals surface area (Å²) < 4.78 is 0. The lowest BCUT2D eigenvalue weighted by Crippen LogP contribution is -2.02. The van der Waals surface area contributed by atoms with E-state index >= 15 is 0 Å². The third-order valence-corrected chi connectivity index (χ3v) is 2.68. The van der Waals surface area contributed by atoms with Crippen LogP contribution in [0.1, 0.15) is 23.6 Å². The number of carbonyl (C=O) groups excluding carboxylic acids is 1. The third kappa shape index (κ3) is 2.66. The molecule has 70 valence electrons. The molecule has 0 amide bonds. The standard InChI is InChI=1S/C11H13BrO/c1-8-4-3-5-10(7-12)11(8)6-9(2)13/h3-5H,6-7H2,1-2H3. The highest BCUT2D eigenvalue weighted by Gasteiger charge is 2.06. The zero-order chi connectivity index (χ0) is 9.84. The molecule has 0 atom stereocenters. The van der Waals surface area contributed by atoms with Crippen molar-refractivity contribution >= 4 is 21.7 Å². The number of carbonyl (C=O) groups is 1. The van der Waals surface area contributed by atoms with E-state index in [4.69, 9.17) is 0 Å². The summed E-state index contributed by atoms with van der Waals surface area (Å²) in [6.07, 6.45) is 0.549. The quantitative estimate of drug-likeness (QED) is 0.743. The molecule has 0 heterocycles. The molecule has 0 radical (unpaired) electrons. The van der Waals surface area contributed by atoms with E-state index in [1.165, 1.54) is 16.7 Å². The molecule has 1 aromatic rings. The highest BCUT2D eigenvalue weighted by atomic mass is 79.9. The Labute approximate surface area is 87.3 Å². The van der Waals surface area contributed by atoms with Gasteiger partial charge in [0.1, 0.15) is 5.78 Å². The van der Waals surface area contributed by atoms with E-state index in [1.54, 1.807) is 6.92 Å². The molecule has 0 unspecified atom stereocenters. The first-order valence-electron chi connectivity index (χ1n) is 4.28. The molecule has 13 heavy (non-hydrogen) atoms. The van der Waals surface area contributed by atoms with Crippen LogP contribution in [0.3, 0.4) is 0 Å². The van der Waals surface area contributed by atoms with E-state index in [1.807, 2.05) is 19.1 Å². The van der Waals surface area contributed by atoms with Gasteiger partial charge in [-0.15, -0.1) is 0 Å². The molecule has 1 aromatic carbocycles. The molecule has 1 rings (SSSR count). The molecule has 0 aliphatic rings. The minimum Gasteiger partial charge on any atom is -0.300 e. The second-order valence-electron chi connectivity index (χ2n) is 3.23. The van der Waals surface area contributed by atoms with E-state index in [9.17, 15) is 4.79 Å². The second-order valence-corrected chi connectivity index (χ2v) is 3.79. The van der Waals surface area contributed by atoms with Crippen LogP contribution in [-0.2, 0) is 16.5 Å². The lowest BCUT2D eigenvalue weighted by Gasteiger charge is -2.08. The molecule has 0 bridgehead atoms. The predicted molar refractivity (Wildman–Crippen MR) is 58.2 cm³/mol. The zero-order valence-corrected chi connectivity index (χ0v) is 9.52. The lowest BCUT2D eigenvalue weighted by atomic mass is 9.99. The molecule has 0 aliphatic carbocycles. The molecule has 0 fully saturated rings. The first kappa shape index (κ1) is 10.5. The first-order valence-corrected chi connectivity index (χ1v) is 5.40. The number of hydrogen-bond acceptors (Lipinski definition) is 1. The van der Waals surface area contributed by atoms with E-state index in [0.29, 0.717) is 6.42 Å². The van der Waals surface area contributed by atoms with Gasteiger partial charge in [-0.1, -0.05) is 34.1 Å². The van der Waals surface area contributed by atoms with Crippen molar-refractivity contribution in [1.82, 2.24) is 0 Å². The van der Waals surface area contributed by atoms with Crippen LogP contribution >= 0.6 is 15.9 Å². The number of halogens is 1. The molecule has 0 saturated heterocycles. The Bertz CT molecular complexity index is 318. The first-order chi connectivity index (χ1) is 6.15. The van der Waals surface area contributed by atoms with Crippen LogP contribution < -0.4 is 0 Å². The molecule has 0 aromatic heterocycles. The largest absolute Gasteiger partial charge is 0.300 e. The average Bonchev–Trinajstić information content (AvgIpc) is 2.08. The topological polar surface area (TPSA) is 17.1 Å². The van der Waals surface area contributed by atoms with Gasteiger partial charge in [-0.25, -0.2) is 0 Å². The summed E-state index contributed by atoms with van der Waals surface area (Å²) in [5.74, 6) is 0.219. The SMILES string of the molecule is CC(=O)Cc1c(C)cccc1CBr. The molecule has 2 heteroatoms. The number of Topliss-reactive ketones (excluding diaryl/α,β-unsaturated/α-hetero) is 1. The van der Waals surface area contributed by atoms with Gasteiger partial charge < -0.3 is 0 Å². The van der Waals surface area contributed by atoms with Crippen molar-refractivity contribution in [1.29, 1.82) is 0 Å². The summed E-state index contributed by atoms with van der Waals surface area (Å²) in [7, 11) is 0. The van der Waals surface area contributed by atoms with Gasteiger partial charge >= 0.3 is 0 Å². The van der Waals surface area contributed by atoms with Crippen molar-refractivity contribution in [2.75, 3.05) is 0 Å². The van der Waals surface area contributed by atoms with Gasteiger partial charge in [0.05, 0.1) is 0 Å². The smallest absolute Gasteiger partial charge is 0.134 e. The van der Waals surface area contributed by atoms with Gasteiger partial charge in [0.25, 0.3) is 0 Å². The molecule has 0 saturated carbocycles. The van der Waals surface area contributed by atoms with Crippen molar-refractivity contribution in [3.8, 4) is 0 Å². The van der Waals surface area contributed by atoms with Crippen LogP contribution in [0.15, 0.2) is 18.2 Å². The Morgan fingerprint density at radius 3 is 2.69 bits per heavy atom. The van der Waals surface area contributed by atoms with E-state index in [0.717, 1.165) is 5.33 Å². The maximum absolute atomic E-state index is 11.0. The maximum atomic E-state index is 11.0. The molecule has 1 nitrogen and oxygen atoms in total. The zero-order valence-electron chi connectivity index (χ0n) is 7.93. The van der Waals surface area contributed by atoms with Crippen molar-refractivity contribution in [2.45, 2.75) is 25.6 Å². The fourth-order valence-electron chi connectivity index (χ4n) is 1.39. The number of aryl methyl sites for hydroxylation is 1. The summed E-state index contributed by atoms with van der Waals surface area (Å²) >= 11 is 3.42. The van der Waals surface area contributed by atoms with E-state index < -0.39 is 0 Å². The molecule has 0 aliphatic heterocycles. The summed E-state index contributed by atoms with van der Waals surface area (Å²) in [4.78, 5) is 11.0. The summed E-state index contributed by atoms with van der Waals surface area (Å²) in [6.45, 7) is 3.68. The normalized spacial score (nSPS) is 10.1. The molecule has 0 N–H and O–H groups in total. The summed E-state index contributed by atoms with van der Waals surface area (Å²) in [6, 6.07) is 6.13. The van der Waals surface area contributed by atoms with Crippen LogP contribution in [0.4, 0.5) is 0 Å². The number of alkyl halides is 1. The predicted octanol–water partition coefficient (Wildman–Crippen LogP) is 3.02. The number of ketones is 1. The highest BCUT2D eigenvalue weighted by Crippen LogP contribution is 2.17. The molecular weight excluding hydrogens is 228 g/mol. The minimum absolute atomic E-state index is 0.219. The monoisotopic (exact) mass is 240 g/mol. The Kier molecular flexibility index (Phi) is 3.67. The summed E-state index contributed by atoms with van der Waals surface area (Å²) in [5, 5.41) is 0.817. The Morgan fingerprint density at radius 1 is 1.46 bits per heavy atom. The van der Waals surface area contributed by atoms with Crippen molar-refractivity contribution in [2.24, 2.45) is 0 Å². The second kappa shape index (κ2) is 4.56. The van der Waals surface area contributed by atoms with Gasteiger partial charge in [-0.3, -0.25) is 4.79 Å². The van der Waals surface area contributed by atoms with Crippen LogP contribution in [0, 0.1) is 6.92 Å². The maximum Gasteiger partial charge on any atom is 0.134 e. The van der Waals surface area contributed by atoms with Gasteiger partial charge in [-0.2, -0.15) is 0 Å². The van der Waals surface area contributed by atoms with Crippen LogP contribution in [-0.4, -0.2) is 5.78 Å².